The average Bonchev–Trinajstić information content (AvgIpc) is 2.26. The van der Waals surface area contributed by atoms with Crippen molar-refractivity contribution < 1.29 is 10.2 Å². The summed E-state index contributed by atoms with van der Waals surface area (Å²) in [5.41, 5.74) is 7.25. The number of rotatable bonds is 5. The third kappa shape index (κ3) is 3.08. The molecule has 0 spiro atoms. The average molecular weight is 196 g/mol. The zero-order valence-electron chi connectivity index (χ0n) is 7.98. The molecule has 0 amide bonds. The van der Waals surface area contributed by atoms with E-state index in [1.54, 1.807) is 0 Å². The Bertz CT molecular complexity index is 261. The summed E-state index contributed by atoms with van der Waals surface area (Å²) in [6.07, 6.45) is -0.728. The predicted molar refractivity (Wildman–Crippen MR) is 54.4 cm³/mol. The van der Waals surface area contributed by atoms with Gasteiger partial charge in [-0.25, -0.2) is 0 Å². The van der Waals surface area contributed by atoms with Gasteiger partial charge in [-0.05, 0) is 11.1 Å². The van der Waals surface area contributed by atoms with E-state index in [1.807, 2.05) is 24.3 Å². The van der Waals surface area contributed by atoms with Gasteiger partial charge in [0.1, 0.15) is 6.23 Å². The van der Waals surface area contributed by atoms with Gasteiger partial charge in [-0.1, -0.05) is 24.3 Å². The fourth-order valence-corrected chi connectivity index (χ4v) is 1.16. The number of hydrogen-bond acceptors (Lipinski definition) is 4. The number of nitrogens with one attached hydrogen (secondary N) is 1. The van der Waals surface area contributed by atoms with E-state index in [1.165, 1.54) is 0 Å². The third-order valence-corrected chi connectivity index (χ3v) is 1.98. The number of benzene rings is 1. The van der Waals surface area contributed by atoms with E-state index >= 15 is 0 Å². The maximum Gasteiger partial charge on any atom is 0.131 e. The van der Waals surface area contributed by atoms with Crippen molar-refractivity contribution in [1.82, 2.24) is 5.32 Å². The highest BCUT2D eigenvalue weighted by atomic mass is 16.3. The van der Waals surface area contributed by atoms with Gasteiger partial charge in [-0.15, -0.1) is 0 Å². The van der Waals surface area contributed by atoms with Gasteiger partial charge in [0, 0.05) is 13.1 Å². The molecule has 5 N–H and O–H groups in total. The smallest absolute Gasteiger partial charge is 0.131 e. The normalized spacial score (nSPS) is 12.8. The molecular weight excluding hydrogens is 180 g/mol. The SMILES string of the molecule is NCc1ccc(C(O)NCCO)cc1. The Kier molecular flexibility index (Phi) is 4.55. The van der Waals surface area contributed by atoms with Gasteiger partial charge in [0.2, 0.25) is 0 Å². The maximum atomic E-state index is 9.56. The Balaban J connectivity index is 2.57. The molecule has 0 saturated carbocycles. The van der Waals surface area contributed by atoms with Crippen LogP contribution in [0.3, 0.4) is 0 Å². The summed E-state index contributed by atoms with van der Waals surface area (Å²) in [7, 11) is 0. The second kappa shape index (κ2) is 5.72. The minimum atomic E-state index is -0.728. The van der Waals surface area contributed by atoms with Gasteiger partial charge in [-0.3, -0.25) is 5.32 Å². The zero-order valence-corrected chi connectivity index (χ0v) is 7.98. The first-order valence-electron chi connectivity index (χ1n) is 4.59. The Morgan fingerprint density at radius 2 is 1.93 bits per heavy atom. The van der Waals surface area contributed by atoms with Gasteiger partial charge >= 0.3 is 0 Å². The summed E-state index contributed by atoms with van der Waals surface area (Å²) in [6, 6.07) is 7.38. The first-order chi connectivity index (χ1) is 6.77. The van der Waals surface area contributed by atoms with Crippen LogP contribution in [0, 0.1) is 0 Å². The molecule has 0 heterocycles. The molecule has 0 bridgehead atoms. The molecule has 1 unspecified atom stereocenters. The lowest BCUT2D eigenvalue weighted by atomic mass is 10.1. The molecule has 0 aliphatic heterocycles. The van der Waals surface area contributed by atoms with E-state index < -0.39 is 6.23 Å². The predicted octanol–water partition coefficient (Wildman–Crippen LogP) is -0.282. The van der Waals surface area contributed by atoms with Crippen LogP contribution in [-0.2, 0) is 6.54 Å². The van der Waals surface area contributed by atoms with Crippen LogP contribution in [0.25, 0.3) is 0 Å². The molecule has 0 fully saturated rings. The minimum absolute atomic E-state index is 0.0118. The monoisotopic (exact) mass is 196 g/mol. The van der Waals surface area contributed by atoms with Crippen LogP contribution in [0.1, 0.15) is 17.4 Å². The minimum Gasteiger partial charge on any atom is -0.395 e. The number of aliphatic hydroxyl groups is 2. The van der Waals surface area contributed by atoms with E-state index in [0.29, 0.717) is 13.1 Å². The molecule has 4 nitrogen and oxygen atoms in total. The first-order valence-corrected chi connectivity index (χ1v) is 4.59. The summed E-state index contributed by atoms with van der Waals surface area (Å²) in [5, 5.41) is 20.9. The molecule has 1 atom stereocenters. The molecule has 0 aromatic heterocycles. The molecule has 0 saturated heterocycles. The summed E-state index contributed by atoms with van der Waals surface area (Å²) in [6.45, 7) is 0.887. The van der Waals surface area contributed by atoms with Crippen LogP contribution >= 0.6 is 0 Å². The second-order valence-corrected chi connectivity index (χ2v) is 3.03. The van der Waals surface area contributed by atoms with Crippen molar-refractivity contribution in [1.29, 1.82) is 0 Å². The van der Waals surface area contributed by atoms with Crippen LogP contribution in [0.5, 0.6) is 0 Å². The fourth-order valence-electron chi connectivity index (χ4n) is 1.16. The number of aliphatic hydroxyl groups excluding tert-OH is 2. The van der Waals surface area contributed by atoms with Gasteiger partial charge in [-0.2, -0.15) is 0 Å². The lowest BCUT2D eigenvalue weighted by molar-refractivity contribution is 0.129. The van der Waals surface area contributed by atoms with E-state index in [4.69, 9.17) is 10.8 Å². The van der Waals surface area contributed by atoms with Crippen LogP contribution in [-0.4, -0.2) is 23.4 Å². The van der Waals surface area contributed by atoms with E-state index in [2.05, 4.69) is 5.32 Å². The molecule has 78 valence electrons. The van der Waals surface area contributed by atoms with Crippen molar-refractivity contribution >= 4 is 0 Å². The Morgan fingerprint density at radius 1 is 1.29 bits per heavy atom. The topological polar surface area (TPSA) is 78.5 Å². The lowest BCUT2D eigenvalue weighted by Crippen LogP contribution is -2.24. The molecule has 1 aromatic carbocycles. The van der Waals surface area contributed by atoms with Crippen molar-refractivity contribution in [2.45, 2.75) is 12.8 Å². The highest BCUT2D eigenvalue weighted by molar-refractivity contribution is 5.23. The molecule has 0 radical (unpaired) electrons. The number of nitrogens with two attached hydrogens (primary N) is 1. The molecule has 14 heavy (non-hydrogen) atoms. The van der Waals surface area contributed by atoms with Gasteiger partial charge in [0.25, 0.3) is 0 Å². The zero-order chi connectivity index (χ0) is 10.4. The lowest BCUT2D eigenvalue weighted by Gasteiger charge is -2.12. The summed E-state index contributed by atoms with van der Waals surface area (Å²) >= 11 is 0. The molecule has 1 aromatic rings. The molecule has 0 aliphatic rings. The second-order valence-electron chi connectivity index (χ2n) is 3.03. The Labute approximate surface area is 83.4 Å². The van der Waals surface area contributed by atoms with Gasteiger partial charge < -0.3 is 15.9 Å². The molecule has 1 rings (SSSR count). The summed E-state index contributed by atoms with van der Waals surface area (Å²) in [5.74, 6) is 0. The van der Waals surface area contributed by atoms with Crippen LogP contribution in [0.15, 0.2) is 24.3 Å². The summed E-state index contributed by atoms with van der Waals surface area (Å²) < 4.78 is 0. The summed E-state index contributed by atoms with van der Waals surface area (Å²) in [4.78, 5) is 0. The van der Waals surface area contributed by atoms with E-state index in [9.17, 15) is 5.11 Å². The Hall–Kier alpha value is -0.940. The van der Waals surface area contributed by atoms with Crippen molar-refractivity contribution in [2.24, 2.45) is 5.73 Å². The van der Waals surface area contributed by atoms with Crippen LogP contribution < -0.4 is 11.1 Å². The highest BCUT2D eigenvalue weighted by Gasteiger charge is 2.04. The molecular formula is C10H16N2O2. The number of hydrogen-bond donors (Lipinski definition) is 4. The highest BCUT2D eigenvalue weighted by Crippen LogP contribution is 2.10. The fraction of sp³-hybridized carbons (Fsp3) is 0.400. The van der Waals surface area contributed by atoms with E-state index in [-0.39, 0.29) is 6.61 Å². The van der Waals surface area contributed by atoms with Crippen molar-refractivity contribution in [3.05, 3.63) is 35.4 Å². The van der Waals surface area contributed by atoms with Crippen molar-refractivity contribution in [2.75, 3.05) is 13.2 Å². The van der Waals surface area contributed by atoms with Crippen molar-refractivity contribution in [3.8, 4) is 0 Å². The van der Waals surface area contributed by atoms with Crippen molar-refractivity contribution in [3.63, 3.8) is 0 Å². The standard InChI is InChI=1S/C10H16N2O2/c11-7-8-1-3-9(4-2-8)10(14)12-5-6-13/h1-4,10,12-14H,5-7,11H2. The quantitative estimate of drug-likeness (QED) is 0.488. The largest absolute Gasteiger partial charge is 0.395 e. The maximum absolute atomic E-state index is 9.56. The van der Waals surface area contributed by atoms with Crippen LogP contribution in [0.2, 0.25) is 0 Å². The molecule has 0 aliphatic carbocycles. The third-order valence-electron chi connectivity index (χ3n) is 1.98. The van der Waals surface area contributed by atoms with Gasteiger partial charge in [0.15, 0.2) is 0 Å². The van der Waals surface area contributed by atoms with Crippen LogP contribution in [0.4, 0.5) is 0 Å². The first kappa shape index (κ1) is 11.1. The Morgan fingerprint density at radius 3 is 2.43 bits per heavy atom. The van der Waals surface area contributed by atoms with Gasteiger partial charge in [0.05, 0.1) is 6.61 Å². The molecule has 4 heteroatoms. The van der Waals surface area contributed by atoms with E-state index in [0.717, 1.165) is 11.1 Å².